The number of fused-ring (bicyclic) bond motifs is 3. The van der Waals surface area contributed by atoms with Gasteiger partial charge in [0.05, 0.1) is 42.6 Å². The van der Waals surface area contributed by atoms with E-state index in [1.165, 1.54) is 12.3 Å². The highest BCUT2D eigenvalue weighted by Crippen LogP contribution is 2.38. The molecule has 2 saturated heterocycles. The van der Waals surface area contributed by atoms with E-state index in [9.17, 15) is 18.0 Å². The molecule has 0 saturated carbocycles. The zero-order chi connectivity index (χ0) is 23.2. The van der Waals surface area contributed by atoms with Gasteiger partial charge < -0.3 is 25.0 Å². The number of anilines is 1. The summed E-state index contributed by atoms with van der Waals surface area (Å²) in [5.41, 5.74) is 0.725. The van der Waals surface area contributed by atoms with E-state index in [-0.39, 0.29) is 36.0 Å². The lowest BCUT2D eigenvalue weighted by Gasteiger charge is -2.41. The molecule has 176 valence electrons. The van der Waals surface area contributed by atoms with Crippen molar-refractivity contribution in [1.82, 2.24) is 15.6 Å². The van der Waals surface area contributed by atoms with E-state index in [0.717, 1.165) is 18.2 Å². The maximum atomic E-state index is 13.5. The average molecular weight is 462 g/mol. The van der Waals surface area contributed by atoms with Gasteiger partial charge in [0, 0.05) is 48.4 Å². The van der Waals surface area contributed by atoms with Crippen LogP contribution in [0.15, 0.2) is 42.3 Å². The van der Waals surface area contributed by atoms with Gasteiger partial charge in [-0.15, -0.1) is 0 Å². The molecule has 0 spiro atoms. The Morgan fingerprint density at radius 1 is 1.27 bits per heavy atom. The summed E-state index contributed by atoms with van der Waals surface area (Å²) < 4.78 is 51.9. The summed E-state index contributed by atoms with van der Waals surface area (Å²) in [4.78, 5) is 19.1. The number of carbonyl (C=O) groups excluding carboxylic acids is 1. The van der Waals surface area contributed by atoms with E-state index < -0.39 is 17.8 Å². The number of morpholine rings is 1. The number of piperidine rings is 1. The molecule has 3 aliphatic heterocycles. The van der Waals surface area contributed by atoms with E-state index in [1.807, 2.05) is 11.8 Å². The van der Waals surface area contributed by atoms with Crippen LogP contribution in [0.3, 0.4) is 0 Å². The maximum Gasteiger partial charge on any atom is 0.418 e. The first-order chi connectivity index (χ1) is 15.8. The summed E-state index contributed by atoms with van der Waals surface area (Å²) in [6.07, 6.45) is -2.48. The molecule has 4 atom stereocenters. The molecule has 33 heavy (non-hydrogen) atoms. The molecule has 4 heterocycles. The van der Waals surface area contributed by atoms with Crippen molar-refractivity contribution in [3.05, 3.63) is 47.9 Å². The van der Waals surface area contributed by atoms with Crippen LogP contribution in [0.5, 0.6) is 0 Å². The highest BCUT2D eigenvalue weighted by molar-refractivity contribution is 5.94. The van der Waals surface area contributed by atoms with Gasteiger partial charge in [-0.3, -0.25) is 9.78 Å². The fourth-order valence-corrected chi connectivity index (χ4v) is 4.89. The number of halogens is 3. The number of benzene rings is 1. The Hall–Kier alpha value is -2.85. The van der Waals surface area contributed by atoms with Crippen molar-refractivity contribution in [2.75, 3.05) is 37.7 Å². The van der Waals surface area contributed by atoms with Crippen molar-refractivity contribution in [2.45, 2.75) is 31.3 Å². The summed E-state index contributed by atoms with van der Waals surface area (Å²) in [7, 11) is 0. The normalized spacial score (nSPS) is 27.6. The van der Waals surface area contributed by atoms with Gasteiger partial charge in [0.1, 0.15) is 0 Å². The van der Waals surface area contributed by atoms with Gasteiger partial charge in [0.25, 0.3) is 5.91 Å². The number of alkyl halides is 3. The molecule has 10 heteroatoms. The smallest absolute Gasteiger partial charge is 0.418 e. The highest BCUT2D eigenvalue weighted by Gasteiger charge is 2.38. The number of nitrogens with zero attached hydrogens (tertiary/aromatic N) is 2. The largest absolute Gasteiger partial charge is 0.501 e. The zero-order valence-electron chi connectivity index (χ0n) is 18.1. The predicted octanol–water partition coefficient (Wildman–Crippen LogP) is 2.47. The molecule has 2 bridgehead atoms. The SMILES string of the molecule is C[C@@H]1CN(c2ccc(C(F)(F)F)c3ncccc23)C[C@H](C(=O)NC2C3=COCC2CNC3)O1. The molecular formula is C23H25F3N4O3. The van der Waals surface area contributed by atoms with Gasteiger partial charge in [0.15, 0.2) is 6.10 Å². The van der Waals surface area contributed by atoms with E-state index in [1.54, 1.807) is 18.4 Å². The number of pyridine rings is 1. The molecule has 0 radical (unpaired) electrons. The summed E-state index contributed by atoms with van der Waals surface area (Å²) in [6.45, 7) is 4.47. The maximum absolute atomic E-state index is 13.5. The molecular weight excluding hydrogens is 437 g/mol. The molecule has 1 aromatic heterocycles. The molecule has 5 rings (SSSR count). The number of rotatable bonds is 3. The lowest BCUT2D eigenvalue weighted by atomic mass is 9.88. The number of nitrogens with one attached hydrogen (secondary N) is 2. The Morgan fingerprint density at radius 2 is 2.12 bits per heavy atom. The molecule has 1 aromatic carbocycles. The van der Waals surface area contributed by atoms with Gasteiger partial charge in [-0.25, -0.2) is 0 Å². The second-order valence-corrected chi connectivity index (χ2v) is 8.77. The lowest BCUT2D eigenvalue weighted by Crippen LogP contribution is -2.59. The van der Waals surface area contributed by atoms with Gasteiger partial charge in [-0.05, 0) is 31.2 Å². The Bertz CT molecular complexity index is 1090. The standard InChI is InChI=1S/C23H25F3N4O3/c1-13-9-30(18-5-4-17(23(24,25)26)21-16(18)3-2-6-28-21)10-19(33-13)22(31)29-20-14-7-27-8-15(20)12-32-11-14/h2-6,11,13,15,19-20,27H,7-10,12H2,1H3,(H,29,31)/t13-,15?,19-,20?/m1/s1. The van der Waals surface area contributed by atoms with E-state index >= 15 is 0 Å². The number of hydrogen-bond donors (Lipinski definition) is 2. The predicted molar refractivity (Wildman–Crippen MR) is 116 cm³/mol. The van der Waals surface area contributed by atoms with E-state index in [0.29, 0.717) is 30.8 Å². The number of carbonyl (C=O) groups is 1. The molecule has 2 fully saturated rings. The number of aromatic nitrogens is 1. The van der Waals surface area contributed by atoms with Crippen molar-refractivity contribution in [3.63, 3.8) is 0 Å². The third-order valence-electron chi connectivity index (χ3n) is 6.39. The van der Waals surface area contributed by atoms with Crippen LogP contribution >= 0.6 is 0 Å². The van der Waals surface area contributed by atoms with Crippen molar-refractivity contribution < 1.29 is 27.4 Å². The van der Waals surface area contributed by atoms with Gasteiger partial charge in [-0.1, -0.05) is 0 Å². The van der Waals surface area contributed by atoms with Crippen molar-refractivity contribution in [1.29, 1.82) is 0 Å². The quantitative estimate of drug-likeness (QED) is 0.730. The van der Waals surface area contributed by atoms with E-state index in [4.69, 9.17) is 9.47 Å². The summed E-state index contributed by atoms with van der Waals surface area (Å²) in [5.74, 6) is -0.0876. The Kier molecular flexibility index (Phi) is 5.65. The first kappa shape index (κ1) is 22.0. The van der Waals surface area contributed by atoms with Crippen LogP contribution in [0.25, 0.3) is 10.9 Å². The number of hydrogen-bond acceptors (Lipinski definition) is 6. The Morgan fingerprint density at radius 3 is 2.91 bits per heavy atom. The molecule has 2 N–H and O–H groups in total. The molecule has 7 nitrogen and oxygen atoms in total. The van der Waals surface area contributed by atoms with Crippen LogP contribution in [-0.4, -0.2) is 61.9 Å². The fourth-order valence-electron chi connectivity index (χ4n) is 4.89. The van der Waals surface area contributed by atoms with E-state index in [2.05, 4.69) is 15.6 Å². The molecule has 1 amide bonds. The van der Waals surface area contributed by atoms with Gasteiger partial charge in [0.2, 0.25) is 0 Å². The number of ether oxygens (including phenoxy) is 2. The molecule has 3 aliphatic rings. The minimum atomic E-state index is -4.50. The monoisotopic (exact) mass is 462 g/mol. The third-order valence-corrected chi connectivity index (χ3v) is 6.39. The Labute approximate surface area is 188 Å². The third kappa shape index (κ3) is 4.24. The lowest BCUT2D eigenvalue weighted by molar-refractivity contribution is -0.138. The Balaban J connectivity index is 1.40. The summed E-state index contributed by atoms with van der Waals surface area (Å²) >= 11 is 0. The second kappa shape index (κ2) is 8.49. The van der Waals surface area contributed by atoms with Crippen molar-refractivity contribution in [3.8, 4) is 0 Å². The van der Waals surface area contributed by atoms with Crippen LogP contribution in [0.4, 0.5) is 18.9 Å². The molecule has 0 aliphatic carbocycles. The number of amides is 1. The van der Waals surface area contributed by atoms with Crippen LogP contribution in [0.2, 0.25) is 0 Å². The second-order valence-electron chi connectivity index (χ2n) is 8.77. The first-order valence-corrected chi connectivity index (χ1v) is 11.0. The van der Waals surface area contributed by atoms with Crippen LogP contribution < -0.4 is 15.5 Å². The minimum Gasteiger partial charge on any atom is -0.501 e. The minimum absolute atomic E-state index is 0.0999. The fraction of sp³-hybridized carbons (Fsp3) is 0.478. The summed E-state index contributed by atoms with van der Waals surface area (Å²) in [6, 6.07) is 5.65. The van der Waals surface area contributed by atoms with Crippen LogP contribution in [0, 0.1) is 5.92 Å². The van der Waals surface area contributed by atoms with Crippen molar-refractivity contribution in [2.24, 2.45) is 5.92 Å². The van der Waals surface area contributed by atoms with Crippen LogP contribution in [-0.2, 0) is 20.4 Å². The average Bonchev–Trinajstić information content (AvgIpc) is 2.77. The van der Waals surface area contributed by atoms with Crippen LogP contribution in [0.1, 0.15) is 12.5 Å². The van der Waals surface area contributed by atoms with Gasteiger partial charge >= 0.3 is 6.18 Å². The summed E-state index contributed by atoms with van der Waals surface area (Å²) in [5, 5.41) is 6.82. The topological polar surface area (TPSA) is 75.7 Å². The van der Waals surface area contributed by atoms with Crippen molar-refractivity contribution >= 4 is 22.5 Å². The molecule has 2 aromatic rings. The highest BCUT2D eigenvalue weighted by atomic mass is 19.4. The first-order valence-electron chi connectivity index (χ1n) is 11.0. The van der Waals surface area contributed by atoms with Gasteiger partial charge in [-0.2, -0.15) is 13.2 Å². The molecule has 2 unspecified atom stereocenters. The zero-order valence-corrected chi connectivity index (χ0v) is 18.1.